The Bertz CT molecular complexity index is 1180. The smallest absolute Gasteiger partial charge is 0.229 e. The van der Waals surface area contributed by atoms with Gasteiger partial charge in [0.25, 0.3) is 0 Å². The van der Waals surface area contributed by atoms with Crippen molar-refractivity contribution in [2.75, 3.05) is 23.7 Å². The van der Waals surface area contributed by atoms with Gasteiger partial charge in [-0.2, -0.15) is 9.97 Å². The van der Waals surface area contributed by atoms with Crippen LogP contribution >= 0.6 is 0 Å². The van der Waals surface area contributed by atoms with Crippen molar-refractivity contribution in [3.8, 4) is 5.69 Å². The minimum absolute atomic E-state index is 0.311. The van der Waals surface area contributed by atoms with Crippen LogP contribution in [-0.2, 0) is 5.60 Å². The first-order valence-electron chi connectivity index (χ1n) is 9.82. The van der Waals surface area contributed by atoms with Gasteiger partial charge in [-0.1, -0.05) is 12.1 Å². The zero-order valence-electron chi connectivity index (χ0n) is 16.2. The van der Waals surface area contributed by atoms with Crippen LogP contribution in [0, 0.1) is 5.82 Å². The molecule has 1 fully saturated rings. The zero-order valence-corrected chi connectivity index (χ0v) is 16.2. The second kappa shape index (κ2) is 7.07. The number of halogens is 1. The minimum Gasteiger partial charge on any atom is -0.385 e. The zero-order chi connectivity index (χ0) is 20.7. The molecule has 0 saturated carbocycles. The Morgan fingerprint density at radius 1 is 1.03 bits per heavy atom. The Morgan fingerprint density at radius 3 is 2.50 bits per heavy atom. The van der Waals surface area contributed by atoms with Gasteiger partial charge >= 0.3 is 0 Å². The maximum absolute atomic E-state index is 13.2. The molecule has 152 valence electrons. The predicted molar refractivity (Wildman–Crippen MR) is 113 cm³/mol. The number of aliphatic hydroxyl groups is 1. The predicted octanol–water partition coefficient (Wildman–Crippen LogP) is 3.02. The lowest BCUT2D eigenvalue weighted by molar-refractivity contribution is 0.0115. The average molecular weight is 404 g/mol. The van der Waals surface area contributed by atoms with Crippen LogP contribution in [0.3, 0.4) is 0 Å². The molecule has 3 aromatic heterocycles. The second-order valence-corrected chi connectivity index (χ2v) is 7.57. The standard InChI is InChI=1S/C22H21FN6O/c23-16-5-3-15(4-6-16)22(30)8-12-28(13-9-22)21-26-19(24)18-7-11-29(20(18)27-21)17-2-1-10-25-14-17/h1-7,10-11,14,30H,8-9,12-13H2,(H2,24,26,27). The van der Waals surface area contributed by atoms with Gasteiger partial charge in [0.15, 0.2) is 5.65 Å². The van der Waals surface area contributed by atoms with E-state index in [1.807, 2.05) is 33.9 Å². The number of nitrogen functional groups attached to an aromatic ring is 1. The van der Waals surface area contributed by atoms with Crippen LogP contribution in [-0.4, -0.2) is 37.7 Å². The van der Waals surface area contributed by atoms with Crippen molar-refractivity contribution in [3.63, 3.8) is 0 Å². The molecule has 4 aromatic rings. The highest BCUT2D eigenvalue weighted by Gasteiger charge is 2.35. The van der Waals surface area contributed by atoms with Crippen molar-refractivity contribution in [2.24, 2.45) is 0 Å². The van der Waals surface area contributed by atoms with E-state index in [4.69, 9.17) is 10.7 Å². The molecule has 0 spiro atoms. The van der Waals surface area contributed by atoms with Gasteiger partial charge in [-0.25, -0.2) is 4.39 Å². The lowest BCUT2D eigenvalue weighted by atomic mass is 9.84. The quantitative estimate of drug-likeness (QED) is 0.545. The van der Waals surface area contributed by atoms with Crippen LogP contribution in [0.15, 0.2) is 61.1 Å². The van der Waals surface area contributed by atoms with Crippen molar-refractivity contribution < 1.29 is 9.50 Å². The summed E-state index contributed by atoms with van der Waals surface area (Å²) in [7, 11) is 0. The molecule has 0 atom stereocenters. The largest absolute Gasteiger partial charge is 0.385 e. The second-order valence-electron chi connectivity index (χ2n) is 7.57. The third-order valence-electron chi connectivity index (χ3n) is 5.74. The molecule has 1 aliphatic rings. The molecule has 0 aliphatic carbocycles. The molecule has 3 N–H and O–H groups in total. The van der Waals surface area contributed by atoms with E-state index in [2.05, 4.69) is 9.97 Å². The summed E-state index contributed by atoms with van der Waals surface area (Å²) in [5.41, 5.74) is 7.56. The van der Waals surface area contributed by atoms with Crippen molar-refractivity contribution in [1.29, 1.82) is 0 Å². The summed E-state index contributed by atoms with van der Waals surface area (Å²) in [5, 5.41) is 11.8. The molecule has 5 rings (SSSR count). The molecule has 8 heteroatoms. The van der Waals surface area contributed by atoms with Gasteiger partial charge < -0.3 is 15.7 Å². The fourth-order valence-corrected chi connectivity index (χ4v) is 4.00. The normalized spacial score (nSPS) is 16.1. The van der Waals surface area contributed by atoms with Gasteiger partial charge in [-0.3, -0.25) is 9.55 Å². The number of rotatable bonds is 3. The fourth-order valence-electron chi connectivity index (χ4n) is 4.00. The SMILES string of the molecule is Nc1nc(N2CCC(O)(c3ccc(F)cc3)CC2)nc2c1ccn2-c1cccnc1. The summed E-state index contributed by atoms with van der Waals surface area (Å²) in [5.74, 6) is 0.635. The molecule has 0 radical (unpaired) electrons. The van der Waals surface area contributed by atoms with E-state index < -0.39 is 5.60 Å². The Balaban J connectivity index is 1.44. The van der Waals surface area contributed by atoms with E-state index in [9.17, 15) is 9.50 Å². The fraction of sp³-hybridized carbons (Fsp3) is 0.227. The number of anilines is 2. The number of hydrogen-bond acceptors (Lipinski definition) is 6. The summed E-state index contributed by atoms with van der Waals surface area (Å²) in [6.45, 7) is 1.12. The highest BCUT2D eigenvalue weighted by Crippen LogP contribution is 2.34. The van der Waals surface area contributed by atoms with Crippen molar-refractivity contribution in [2.45, 2.75) is 18.4 Å². The number of aromatic nitrogens is 4. The van der Waals surface area contributed by atoms with Gasteiger partial charge in [0.05, 0.1) is 22.9 Å². The first kappa shape index (κ1) is 18.5. The number of pyridine rings is 1. The summed E-state index contributed by atoms with van der Waals surface area (Å²) in [4.78, 5) is 15.5. The summed E-state index contributed by atoms with van der Waals surface area (Å²) < 4.78 is 15.2. The monoisotopic (exact) mass is 404 g/mol. The van der Waals surface area contributed by atoms with Crippen molar-refractivity contribution in [3.05, 3.63) is 72.4 Å². The number of hydrogen-bond donors (Lipinski definition) is 2. The van der Waals surface area contributed by atoms with Gasteiger partial charge in [0.2, 0.25) is 5.95 Å². The van der Waals surface area contributed by atoms with Gasteiger partial charge in [0.1, 0.15) is 11.6 Å². The third-order valence-corrected chi connectivity index (χ3v) is 5.74. The van der Waals surface area contributed by atoms with E-state index in [1.54, 1.807) is 24.5 Å². The third kappa shape index (κ3) is 3.15. The first-order chi connectivity index (χ1) is 14.5. The molecular weight excluding hydrogens is 383 g/mol. The van der Waals surface area contributed by atoms with Gasteiger partial charge in [-0.05, 0) is 48.7 Å². The Labute approximate surface area is 172 Å². The van der Waals surface area contributed by atoms with Gasteiger partial charge in [-0.15, -0.1) is 0 Å². The average Bonchev–Trinajstić information content (AvgIpc) is 3.20. The van der Waals surface area contributed by atoms with Crippen molar-refractivity contribution >= 4 is 22.8 Å². The lowest BCUT2D eigenvalue weighted by Gasteiger charge is -2.38. The lowest BCUT2D eigenvalue weighted by Crippen LogP contribution is -2.43. The van der Waals surface area contributed by atoms with E-state index in [-0.39, 0.29) is 5.82 Å². The Kier molecular flexibility index (Phi) is 4.36. The number of nitrogens with zero attached hydrogens (tertiary/aromatic N) is 5. The van der Waals surface area contributed by atoms with Crippen LogP contribution in [0.1, 0.15) is 18.4 Å². The summed E-state index contributed by atoms with van der Waals surface area (Å²) in [6, 6.07) is 11.8. The molecule has 1 saturated heterocycles. The summed E-state index contributed by atoms with van der Waals surface area (Å²) in [6.07, 6.45) is 6.37. The van der Waals surface area contributed by atoms with E-state index in [1.165, 1.54) is 12.1 Å². The molecular formula is C22H21FN6O. The number of benzene rings is 1. The van der Waals surface area contributed by atoms with Gasteiger partial charge in [0, 0.05) is 25.5 Å². The van der Waals surface area contributed by atoms with Crippen LogP contribution in [0.2, 0.25) is 0 Å². The Morgan fingerprint density at radius 2 is 1.80 bits per heavy atom. The number of piperidine rings is 1. The minimum atomic E-state index is -0.990. The van der Waals surface area contributed by atoms with Crippen LogP contribution in [0.25, 0.3) is 16.7 Å². The highest BCUT2D eigenvalue weighted by atomic mass is 19.1. The number of fused-ring (bicyclic) bond motifs is 1. The molecule has 4 heterocycles. The Hall–Kier alpha value is -3.52. The molecule has 0 amide bonds. The topological polar surface area (TPSA) is 93.1 Å². The van der Waals surface area contributed by atoms with Crippen LogP contribution in [0.5, 0.6) is 0 Å². The van der Waals surface area contributed by atoms with Crippen LogP contribution in [0.4, 0.5) is 16.2 Å². The molecule has 1 aliphatic heterocycles. The van der Waals surface area contributed by atoms with E-state index >= 15 is 0 Å². The maximum atomic E-state index is 13.2. The highest BCUT2D eigenvalue weighted by molar-refractivity contribution is 5.88. The van der Waals surface area contributed by atoms with Crippen molar-refractivity contribution in [1.82, 2.24) is 19.5 Å². The summed E-state index contributed by atoms with van der Waals surface area (Å²) >= 11 is 0. The molecule has 0 unspecified atom stereocenters. The first-order valence-corrected chi connectivity index (χ1v) is 9.82. The molecule has 30 heavy (non-hydrogen) atoms. The molecule has 0 bridgehead atoms. The van der Waals surface area contributed by atoms with E-state index in [0.717, 1.165) is 16.6 Å². The van der Waals surface area contributed by atoms with Crippen LogP contribution < -0.4 is 10.6 Å². The number of nitrogens with two attached hydrogens (primary N) is 1. The van der Waals surface area contributed by atoms with E-state index in [0.29, 0.717) is 43.3 Å². The maximum Gasteiger partial charge on any atom is 0.229 e. The molecule has 7 nitrogen and oxygen atoms in total. The molecule has 1 aromatic carbocycles.